The van der Waals surface area contributed by atoms with Crippen molar-refractivity contribution in [2.75, 3.05) is 0 Å². The number of nitrogens with two attached hydrogens (primary N) is 1. The molecule has 3 heteroatoms. The van der Waals surface area contributed by atoms with Gasteiger partial charge in [0.05, 0.1) is 0 Å². The summed E-state index contributed by atoms with van der Waals surface area (Å²) >= 11 is 0. The van der Waals surface area contributed by atoms with Crippen molar-refractivity contribution in [2.45, 2.75) is 57.7 Å². The molecular formula is C16H24N2O. The van der Waals surface area contributed by atoms with Crippen molar-refractivity contribution in [3.05, 3.63) is 35.9 Å². The molecule has 19 heavy (non-hydrogen) atoms. The minimum Gasteiger partial charge on any atom is -0.337 e. The second-order valence-electron chi connectivity index (χ2n) is 5.70. The van der Waals surface area contributed by atoms with E-state index in [0.29, 0.717) is 12.5 Å². The van der Waals surface area contributed by atoms with E-state index in [1.807, 2.05) is 35.2 Å². The van der Waals surface area contributed by atoms with Crippen molar-refractivity contribution in [3.8, 4) is 0 Å². The lowest BCUT2D eigenvalue weighted by molar-refractivity contribution is -0.137. The lowest BCUT2D eigenvalue weighted by atomic mass is 9.90. The van der Waals surface area contributed by atoms with Crippen LogP contribution in [-0.2, 0) is 4.79 Å². The standard InChI is InChI=1S/C16H24N2O/c1-12(2)18(14-9-6-10-14)16(19)11-15(17)13-7-4-3-5-8-13/h3-5,7-8,12,14-15H,6,9-11,17H2,1-2H3. The van der Waals surface area contributed by atoms with Crippen LogP contribution in [0.1, 0.15) is 51.1 Å². The van der Waals surface area contributed by atoms with Crippen LogP contribution in [0.4, 0.5) is 0 Å². The average Bonchev–Trinajstić information content (AvgIpc) is 2.33. The van der Waals surface area contributed by atoms with E-state index in [1.54, 1.807) is 0 Å². The predicted octanol–water partition coefficient (Wildman–Crippen LogP) is 2.87. The van der Waals surface area contributed by atoms with Crippen LogP contribution in [0.15, 0.2) is 30.3 Å². The zero-order valence-electron chi connectivity index (χ0n) is 11.9. The molecule has 1 fully saturated rings. The van der Waals surface area contributed by atoms with E-state index in [4.69, 9.17) is 5.73 Å². The van der Waals surface area contributed by atoms with Crippen LogP contribution in [0.2, 0.25) is 0 Å². The van der Waals surface area contributed by atoms with E-state index < -0.39 is 0 Å². The second kappa shape index (κ2) is 6.20. The number of carbonyl (C=O) groups excluding carboxylic acids is 1. The summed E-state index contributed by atoms with van der Waals surface area (Å²) in [5.41, 5.74) is 7.18. The zero-order chi connectivity index (χ0) is 13.8. The first-order chi connectivity index (χ1) is 9.09. The molecule has 0 bridgehead atoms. The number of rotatable bonds is 5. The molecule has 1 aliphatic rings. The SMILES string of the molecule is CC(C)N(C(=O)CC(N)c1ccccc1)C1CCC1. The maximum Gasteiger partial charge on any atom is 0.224 e. The Morgan fingerprint density at radius 2 is 1.95 bits per heavy atom. The molecule has 0 spiro atoms. The van der Waals surface area contributed by atoms with E-state index in [0.717, 1.165) is 18.4 Å². The summed E-state index contributed by atoms with van der Waals surface area (Å²) in [5, 5.41) is 0. The molecule has 104 valence electrons. The Balaban J connectivity index is 1.98. The van der Waals surface area contributed by atoms with E-state index in [9.17, 15) is 4.79 Å². The summed E-state index contributed by atoms with van der Waals surface area (Å²) in [5.74, 6) is 0.191. The van der Waals surface area contributed by atoms with E-state index in [-0.39, 0.29) is 18.0 Å². The monoisotopic (exact) mass is 260 g/mol. The molecule has 0 aliphatic heterocycles. The van der Waals surface area contributed by atoms with Gasteiger partial charge in [0.25, 0.3) is 0 Å². The second-order valence-corrected chi connectivity index (χ2v) is 5.70. The molecule has 0 aromatic heterocycles. The first-order valence-corrected chi connectivity index (χ1v) is 7.21. The topological polar surface area (TPSA) is 46.3 Å². The molecule has 3 nitrogen and oxygen atoms in total. The van der Waals surface area contributed by atoms with Gasteiger partial charge in [0.15, 0.2) is 0 Å². The highest BCUT2D eigenvalue weighted by atomic mass is 16.2. The van der Waals surface area contributed by atoms with Crippen molar-refractivity contribution >= 4 is 5.91 Å². The fourth-order valence-electron chi connectivity index (χ4n) is 2.69. The molecule has 1 unspecified atom stereocenters. The van der Waals surface area contributed by atoms with E-state index in [2.05, 4.69) is 13.8 Å². The minimum atomic E-state index is -0.199. The molecule has 0 heterocycles. The Hall–Kier alpha value is -1.35. The predicted molar refractivity (Wildman–Crippen MR) is 77.6 cm³/mol. The smallest absolute Gasteiger partial charge is 0.224 e. The van der Waals surface area contributed by atoms with Gasteiger partial charge in [0.2, 0.25) is 5.91 Å². The van der Waals surface area contributed by atoms with Crippen LogP contribution in [0, 0.1) is 0 Å². The molecule has 2 rings (SSSR count). The van der Waals surface area contributed by atoms with E-state index in [1.165, 1.54) is 6.42 Å². The van der Waals surface area contributed by atoms with Gasteiger partial charge in [-0.1, -0.05) is 30.3 Å². The van der Waals surface area contributed by atoms with Gasteiger partial charge in [-0.3, -0.25) is 4.79 Å². The molecule has 1 atom stereocenters. The van der Waals surface area contributed by atoms with Gasteiger partial charge in [0.1, 0.15) is 0 Å². The summed E-state index contributed by atoms with van der Waals surface area (Å²) in [6.07, 6.45) is 3.93. The van der Waals surface area contributed by atoms with Crippen molar-refractivity contribution < 1.29 is 4.79 Å². The maximum absolute atomic E-state index is 12.4. The van der Waals surface area contributed by atoms with Gasteiger partial charge in [-0.2, -0.15) is 0 Å². The molecule has 1 aliphatic carbocycles. The third-order valence-corrected chi connectivity index (χ3v) is 3.93. The van der Waals surface area contributed by atoms with Gasteiger partial charge < -0.3 is 10.6 Å². The van der Waals surface area contributed by atoms with Crippen molar-refractivity contribution in [1.29, 1.82) is 0 Å². The average molecular weight is 260 g/mol. The largest absolute Gasteiger partial charge is 0.337 e. The summed E-state index contributed by atoms with van der Waals surface area (Å²) in [6.45, 7) is 4.18. The first-order valence-electron chi connectivity index (χ1n) is 7.21. The van der Waals surface area contributed by atoms with Gasteiger partial charge in [-0.15, -0.1) is 0 Å². The summed E-state index contributed by atoms with van der Waals surface area (Å²) < 4.78 is 0. The van der Waals surface area contributed by atoms with Crippen LogP contribution in [-0.4, -0.2) is 22.9 Å². The quantitative estimate of drug-likeness (QED) is 0.885. The molecule has 2 N–H and O–H groups in total. The molecule has 1 amide bonds. The van der Waals surface area contributed by atoms with E-state index >= 15 is 0 Å². The highest BCUT2D eigenvalue weighted by Gasteiger charge is 2.31. The Morgan fingerprint density at radius 1 is 1.32 bits per heavy atom. The lowest BCUT2D eigenvalue weighted by Crippen LogP contribution is -2.48. The Bertz CT molecular complexity index is 412. The van der Waals surface area contributed by atoms with Crippen LogP contribution < -0.4 is 5.73 Å². The molecule has 0 radical (unpaired) electrons. The van der Waals surface area contributed by atoms with Gasteiger partial charge in [0, 0.05) is 24.5 Å². The third kappa shape index (κ3) is 3.35. The fourth-order valence-corrected chi connectivity index (χ4v) is 2.69. The summed E-state index contributed by atoms with van der Waals surface area (Å²) in [4.78, 5) is 14.5. The lowest BCUT2D eigenvalue weighted by Gasteiger charge is -2.40. The number of nitrogens with zero attached hydrogens (tertiary/aromatic N) is 1. The highest BCUT2D eigenvalue weighted by Crippen LogP contribution is 2.28. The van der Waals surface area contributed by atoms with Crippen LogP contribution >= 0.6 is 0 Å². The molecule has 1 aromatic rings. The Kier molecular flexibility index (Phi) is 4.59. The van der Waals surface area contributed by atoms with Crippen molar-refractivity contribution in [3.63, 3.8) is 0 Å². The van der Waals surface area contributed by atoms with Crippen LogP contribution in [0.25, 0.3) is 0 Å². The number of hydrogen-bond acceptors (Lipinski definition) is 2. The van der Waals surface area contributed by atoms with Gasteiger partial charge >= 0.3 is 0 Å². The third-order valence-electron chi connectivity index (χ3n) is 3.93. The van der Waals surface area contributed by atoms with Crippen molar-refractivity contribution in [2.24, 2.45) is 5.73 Å². The van der Waals surface area contributed by atoms with Gasteiger partial charge in [-0.05, 0) is 38.7 Å². The normalized spacial score (nSPS) is 17.1. The number of carbonyl (C=O) groups is 1. The molecule has 1 saturated carbocycles. The molecule has 0 saturated heterocycles. The number of benzene rings is 1. The van der Waals surface area contributed by atoms with Crippen LogP contribution in [0.5, 0.6) is 0 Å². The van der Waals surface area contributed by atoms with Crippen LogP contribution in [0.3, 0.4) is 0 Å². The number of amides is 1. The fraction of sp³-hybridized carbons (Fsp3) is 0.562. The summed E-state index contributed by atoms with van der Waals surface area (Å²) in [7, 11) is 0. The zero-order valence-corrected chi connectivity index (χ0v) is 11.9. The highest BCUT2D eigenvalue weighted by molar-refractivity contribution is 5.77. The number of hydrogen-bond donors (Lipinski definition) is 1. The van der Waals surface area contributed by atoms with Crippen molar-refractivity contribution in [1.82, 2.24) is 4.90 Å². The Labute approximate surface area is 115 Å². The molecule has 1 aromatic carbocycles. The minimum absolute atomic E-state index is 0.191. The Morgan fingerprint density at radius 3 is 2.42 bits per heavy atom. The maximum atomic E-state index is 12.4. The molecular weight excluding hydrogens is 236 g/mol. The first kappa shape index (κ1) is 14.1. The summed E-state index contributed by atoms with van der Waals surface area (Å²) in [6, 6.07) is 10.4. The van der Waals surface area contributed by atoms with Gasteiger partial charge in [-0.25, -0.2) is 0 Å².